The van der Waals surface area contributed by atoms with Crippen LogP contribution in [-0.4, -0.2) is 253 Å². The fraction of sp³-hybridized carbons (Fsp3) is 0.833. The Morgan fingerprint density at radius 1 is 0.273 bits per heavy atom. The standard InChI is InChI=1S/C30H59N3O3.C27H56N6O3.C15H23N3O9/c1-7-13-19-31(20-14-8-2)28(34)25-27(30(36)33(23-17-11-5)24-18-12-6)26-29(35)32(21-15-9-3)22-16-10-4;1-7-31(8-2)19-13-16-28-25(34)22-24(27(36)30-18-15-21-33(11-5)12-6)23-26(35)29-17-14-20-32(9-3)10-4;19-10(16-4-1-12(21)22)7-9(15(27)18-6-3-14(25)26)8-11(20)17-5-2-13(23)24/h27H,7-26H2,1-6H3;24H,7-23H2,1-6H3,(H,28,34)(H,29,35)(H,30,36);9H,1-8H2,(H,16,19)(H,17,20)(H,18,27)(H,21,22)(H,23,24)(H,25,26). The van der Waals surface area contributed by atoms with Gasteiger partial charge in [0, 0.05) is 117 Å². The van der Waals surface area contributed by atoms with Crippen LogP contribution in [0.15, 0.2) is 0 Å². The van der Waals surface area contributed by atoms with Gasteiger partial charge in [-0.2, -0.15) is 0 Å². The number of carboxylic acids is 3. The molecule has 0 atom stereocenters. The van der Waals surface area contributed by atoms with Crippen LogP contribution >= 0.6 is 0 Å². The molecule has 0 aliphatic carbocycles. The largest absolute Gasteiger partial charge is 0.481 e. The zero-order valence-corrected chi connectivity index (χ0v) is 63.5. The molecule has 0 aliphatic rings. The Morgan fingerprint density at radius 3 is 0.758 bits per heavy atom. The van der Waals surface area contributed by atoms with Crippen molar-refractivity contribution in [1.29, 1.82) is 0 Å². The molecule has 0 spiro atoms. The molecule has 0 aromatic rings. The zero-order chi connectivity index (χ0) is 75.2. The van der Waals surface area contributed by atoms with Gasteiger partial charge in [0.1, 0.15) is 0 Å². The lowest BCUT2D eigenvalue weighted by molar-refractivity contribution is -0.145. The van der Waals surface area contributed by atoms with Gasteiger partial charge in [0.15, 0.2) is 0 Å². The summed E-state index contributed by atoms with van der Waals surface area (Å²) in [4.78, 5) is 159. The van der Waals surface area contributed by atoms with Crippen LogP contribution in [0.3, 0.4) is 0 Å². The van der Waals surface area contributed by atoms with E-state index >= 15 is 0 Å². The van der Waals surface area contributed by atoms with Gasteiger partial charge in [0.2, 0.25) is 53.2 Å². The second-order valence-corrected chi connectivity index (χ2v) is 25.1. The average Bonchev–Trinajstić information content (AvgIpc) is 0.865. The van der Waals surface area contributed by atoms with Crippen LogP contribution in [-0.2, 0) is 57.5 Å². The van der Waals surface area contributed by atoms with Crippen LogP contribution in [0.2, 0.25) is 0 Å². The average molecular weight is 1410 g/mol. The van der Waals surface area contributed by atoms with Crippen molar-refractivity contribution in [2.75, 3.05) is 137 Å². The van der Waals surface area contributed by atoms with Gasteiger partial charge in [-0.15, -0.1) is 0 Å². The molecule has 27 heteroatoms. The molecule has 0 aromatic heterocycles. The predicted octanol–water partition coefficient (Wildman–Crippen LogP) is 6.75. The number of amides is 9. The van der Waals surface area contributed by atoms with Crippen LogP contribution in [0.1, 0.15) is 237 Å². The Labute approximate surface area is 595 Å². The van der Waals surface area contributed by atoms with Crippen molar-refractivity contribution in [1.82, 2.24) is 61.3 Å². The van der Waals surface area contributed by atoms with Crippen molar-refractivity contribution in [2.45, 2.75) is 237 Å². The predicted molar refractivity (Wildman–Crippen MR) is 389 cm³/mol. The molecular weight excluding hydrogens is 1270 g/mol. The van der Waals surface area contributed by atoms with Crippen molar-refractivity contribution in [3.63, 3.8) is 0 Å². The SMILES string of the molecule is CCCCN(CCCC)C(=O)CC(CC(=O)N(CCCC)CCCC)C(=O)N(CCCC)CCCC.CCN(CC)CCCNC(=O)CC(CC(=O)NCCCN(CC)CC)C(=O)NCCCN(CC)CC.O=C(O)CCNC(=O)CC(CC(=O)NCCC(=O)O)C(=O)NCCC(=O)O. The summed E-state index contributed by atoms with van der Waals surface area (Å²) in [5.41, 5.74) is 0. The second kappa shape index (κ2) is 64.9. The number of rotatable bonds is 60. The minimum absolute atomic E-state index is 0.00420. The van der Waals surface area contributed by atoms with Crippen molar-refractivity contribution in [3.05, 3.63) is 0 Å². The van der Waals surface area contributed by atoms with Gasteiger partial charge < -0.3 is 76.6 Å². The summed E-state index contributed by atoms with van der Waals surface area (Å²) in [6.07, 6.45) is 13.0. The topological polar surface area (TPSA) is 357 Å². The molecular formula is C72H138N12O15. The zero-order valence-electron chi connectivity index (χ0n) is 63.5. The second-order valence-electron chi connectivity index (χ2n) is 25.1. The van der Waals surface area contributed by atoms with E-state index in [1.54, 1.807) is 0 Å². The van der Waals surface area contributed by atoms with E-state index in [1.165, 1.54) is 0 Å². The third-order valence-electron chi connectivity index (χ3n) is 16.9. The highest BCUT2D eigenvalue weighted by molar-refractivity contribution is 5.92. The van der Waals surface area contributed by atoms with E-state index in [4.69, 9.17) is 15.3 Å². The molecule has 576 valence electrons. The molecule has 9 N–H and O–H groups in total. The molecule has 0 saturated carbocycles. The number of carboxylic acid groups (broad SMARTS) is 3. The van der Waals surface area contributed by atoms with E-state index < -0.39 is 66.2 Å². The molecule has 0 unspecified atom stereocenters. The number of aliphatic carboxylic acids is 3. The van der Waals surface area contributed by atoms with Gasteiger partial charge in [0.05, 0.1) is 37.0 Å². The minimum atomic E-state index is -1.13. The van der Waals surface area contributed by atoms with E-state index in [0.29, 0.717) is 32.7 Å². The van der Waals surface area contributed by atoms with Gasteiger partial charge in [-0.05, 0) is 117 Å². The van der Waals surface area contributed by atoms with Crippen molar-refractivity contribution in [3.8, 4) is 0 Å². The summed E-state index contributed by atoms with van der Waals surface area (Å²) < 4.78 is 0. The molecule has 27 nitrogen and oxygen atoms in total. The van der Waals surface area contributed by atoms with Crippen LogP contribution in [0.4, 0.5) is 0 Å². The van der Waals surface area contributed by atoms with Gasteiger partial charge in [-0.1, -0.05) is 122 Å². The first-order chi connectivity index (χ1) is 47.3. The normalized spacial score (nSPS) is 11.0. The fourth-order valence-corrected chi connectivity index (χ4v) is 10.4. The monoisotopic (exact) mass is 1410 g/mol. The molecule has 0 aromatic carbocycles. The summed E-state index contributed by atoms with van der Waals surface area (Å²) in [7, 11) is 0. The molecule has 0 heterocycles. The summed E-state index contributed by atoms with van der Waals surface area (Å²) >= 11 is 0. The summed E-state index contributed by atoms with van der Waals surface area (Å²) in [6, 6.07) is 0. The number of nitrogens with zero attached hydrogens (tertiary/aromatic N) is 6. The Balaban J connectivity index is -0.00000141. The molecule has 9 amide bonds. The van der Waals surface area contributed by atoms with Crippen LogP contribution in [0, 0.1) is 17.8 Å². The molecule has 0 aliphatic heterocycles. The first kappa shape index (κ1) is 96.7. The molecule has 0 radical (unpaired) electrons. The Bertz CT molecular complexity index is 2090. The highest BCUT2D eigenvalue weighted by Gasteiger charge is 2.32. The van der Waals surface area contributed by atoms with Crippen LogP contribution in [0.25, 0.3) is 0 Å². The fourth-order valence-electron chi connectivity index (χ4n) is 10.4. The van der Waals surface area contributed by atoms with Crippen LogP contribution in [0.5, 0.6) is 0 Å². The van der Waals surface area contributed by atoms with Crippen molar-refractivity contribution < 1.29 is 72.9 Å². The van der Waals surface area contributed by atoms with E-state index in [0.717, 1.165) is 181 Å². The molecule has 99 heavy (non-hydrogen) atoms. The third-order valence-corrected chi connectivity index (χ3v) is 16.9. The lowest BCUT2D eigenvalue weighted by atomic mass is 9.96. The highest BCUT2D eigenvalue weighted by Crippen LogP contribution is 2.20. The molecule has 0 rings (SSSR count). The van der Waals surface area contributed by atoms with Gasteiger partial charge in [-0.3, -0.25) is 57.5 Å². The number of carbonyl (C=O) groups is 12. The summed E-state index contributed by atoms with van der Waals surface area (Å²) in [6.45, 7) is 39.8. The summed E-state index contributed by atoms with van der Waals surface area (Å²) in [5, 5.41) is 41.3. The lowest BCUT2D eigenvalue weighted by Crippen LogP contribution is -2.43. The third kappa shape index (κ3) is 54.0. The number of hydrogen-bond donors (Lipinski definition) is 9. The molecule has 0 saturated heterocycles. The number of unbranched alkanes of at least 4 members (excludes halogenated alkanes) is 6. The quantitative estimate of drug-likeness (QED) is 0.0284. The van der Waals surface area contributed by atoms with E-state index in [9.17, 15) is 57.5 Å². The Morgan fingerprint density at radius 2 is 0.505 bits per heavy atom. The van der Waals surface area contributed by atoms with Gasteiger partial charge in [0.25, 0.3) is 0 Å². The molecule has 0 fully saturated rings. The maximum Gasteiger partial charge on any atom is 0.305 e. The Hall–Kier alpha value is -6.48. The highest BCUT2D eigenvalue weighted by atomic mass is 16.4. The van der Waals surface area contributed by atoms with E-state index in [-0.39, 0.29) is 100 Å². The number of nitrogens with one attached hydrogen (secondary N) is 6. The first-order valence-electron chi connectivity index (χ1n) is 37.6. The van der Waals surface area contributed by atoms with Gasteiger partial charge >= 0.3 is 17.9 Å². The number of hydrogen-bond acceptors (Lipinski definition) is 15. The molecule has 0 bridgehead atoms. The minimum Gasteiger partial charge on any atom is -0.481 e. The maximum atomic E-state index is 13.8. The number of carbonyl (C=O) groups excluding carboxylic acids is 9. The lowest BCUT2D eigenvalue weighted by Gasteiger charge is -2.31. The van der Waals surface area contributed by atoms with Crippen LogP contribution < -0.4 is 31.9 Å². The van der Waals surface area contributed by atoms with Crippen molar-refractivity contribution in [2.24, 2.45) is 17.8 Å². The van der Waals surface area contributed by atoms with E-state index in [2.05, 4.69) is 130 Å². The Kier molecular flexibility index (Phi) is 63.4. The van der Waals surface area contributed by atoms with Gasteiger partial charge in [-0.25, -0.2) is 0 Å². The smallest absolute Gasteiger partial charge is 0.305 e. The first-order valence-corrected chi connectivity index (χ1v) is 37.6. The summed E-state index contributed by atoms with van der Waals surface area (Å²) in [5.74, 6) is -8.23. The van der Waals surface area contributed by atoms with Crippen molar-refractivity contribution >= 4 is 71.1 Å². The maximum absolute atomic E-state index is 13.8. The van der Waals surface area contributed by atoms with E-state index in [1.807, 2.05) is 14.7 Å².